The molecule has 0 saturated heterocycles. The standard InChI is InChI=1S/C19H26N4O/c1-23(2)12-11-21-18-13-17(14-20-15-18)19(24)22-10-6-9-16-7-4-3-5-8-16/h3-5,7-8,13-15,21H,6,9-12H2,1-2H3,(H,22,24). The molecule has 0 fully saturated rings. The SMILES string of the molecule is CN(C)CCNc1cncc(C(=O)NCCCc2ccccc2)c1. The second-order valence-electron chi connectivity index (χ2n) is 6.04. The Kier molecular flexibility index (Phi) is 7.23. The molecular weight excluding hydrogens is 300 g/mol. The van der Waals surface area contributed by atoms with Gasteiger partial charge in [0.1, 0.15) is 0 Å². The Morgan fingerprint density at radius 1 is 1.12 bits per heavy atom. The first-order valence-electron chi connectivity index (χ1n) is 8.31. The summed E-state index contributed by atoms with van der Waals surface area (Å²) in [5.41, 5.74) is 2.75. The summed E-state index contributed by atoms with van der Waals surface area (Å²) >= 11 is 0. The van der Waals surface area contributed by atoms with Crippen molar-refractivity contribution in [2.75, 3.05) is 39.0 Å². The van der Waals surface area contributed by atoms with Crippen LogP contribution in [0.2, 0.25) is 0 Å². The van der Waals surface area contributed by atoms with Crippen LogP contribution in [0, 0.1) is 0 Å². The zero-order valence-electron chi connectivity index (χ0n) is 14.5. The van der Waals surface area contributed by atoms with Gasteiger partial charge in [0.2, 0.25) is 0 Å². The molecule has 0 aliphatic rings. The highest BCUT2D eigenvalue weighted by Crippen LogP contribution is 2.08. The first-order valence-corrected chi connectivity index (χ1v) is 8.31. The zero-order valence-corrected chi connectivity index (χ0v) is 14.5. The van der Waals surface area contributed by atoms with E-state index in [1.807, 2.05) is 38.4 Å². The third-order valence-electron chi connectivity index (χ3n) is 3.66. The predicted octanol–water partition coefficient (Wildman–Crippen LogP) is 2.42. The minimum atomic E-state index is -0.0770. The molecule has 0 aliphatic carbocycles. The zero-order chi connectivity index (χ0) is 17.2. The molecule has 0 aliphatic heterocycles. The van der Waals surface area contributed by atoms with Crippen LogP contribution in [-0.4, -0.2) is 49.5 Å². The minimum absolute atomic E-state index is 0.0770. The largest absolute Gasteiger partial charge is 0.382 e. The van der Waals surface area contributed by atoms with Gasteiger partial charge in [-0.3, -0.25) is 9.78 Å². The molecule has 1 aromatic carbocycles. The molecule has 2 rings (SSSR count). The number of nitrogens with one attached hydrogen (secondary N) is 2. The monoisotopic (exact) mass is 326 g/mol. The number of rotatable bonds is 9. The molecule has 0 unspecified atom stereocenters. The van der Waals surface area contributed by atoms with Crippen LogP contribution in [0.5, 0.6) is 0 Å². The maximum atomic E-state index is 12.2. The molecule has 0 radical (unpaired) electrons. The Balaban J connectivity index is 1.75. The van der Waals surface area contributed by atoms with Crippen LogP contribution in [-0.2, 0) is 6.42 Å². The van der Waals surface area contributed by atoms with Crippen molar-refractivity contribution in [1.82, 2.24) is 15.2 Å². The fourth-order valence-corrected chi connectivity index (χ4v) is 2.33. The average molecular weight is 326 g/mol. The van der Waals surface area contributed by atoms with Crippen molar-refractivity contribution < 1.29 is 4.79 Å². The highest BCUT2D eigenvalue weighted by molar-refractivity contribution is 5.94. The quantitative estimate of drug-likeness (QED) is 0.695. The van der Waals surface area contributed by atoms with Gasteiger partial charge in [0, 0.05) is 32.0 Å². The maximum Gasteiger partial charge on any atom is 0.252 e. The van der Waals surface area contributed by atoms with Gasteiger partial charge in [0.05, 0.1) is 11.3 Å². The van der Waals surface area contributed by atoms with Crippen molar-refractivity contribution in [3.05, 3.63) is 59.9 Å². The number of anilines is 1. The van der Waals surface area contributed by atoms with Crippen LogP contribution < -0.4 is 10.6 Å². The van der Waals surface area contributed by atoms with Gasteiger partial charge in [-0.2, -0.15) is 0 Å². The molecule has 0 saturated carbocycles. The summed E-state index contributed by atoms with van der Waals surface area (Å²) in [4.78, 5) is 18.4. The Morgan fingerprint density at radius 3 is 2.67 bits per heavy atom. The number of aryl methyl sites for hydroxylation is 1. The van der Waals surface area contributed by atoms with E-state index in [1.54, 1.807) is 12.4 Å². The number of carbonyl (C=O) groups excluding carboxylic acids is 1. The van der Waals surface area contributed by atoms with Gasteiger partial charge in [0.15, 0.2) is 0 Å². The van der Waals surface area contributed by atoms with Gasteiger partial charge in [-0.1, -0.05) is 30.3 Å². The summed E-state index contributed by atoms with van der Waals surface area (Å²) in [6.07, 6.45) is 5.22. The van der Waals surface area contributed by atoms with Crippen LogP contribution in [0.15, 0.2) is 48.8 Å². The second kappa shape index (κ2) is 9.67. The lowest BCUT2D eigenvalue weighted by Gasteiger charge is -2.12. The number of hydrogen-bond donors (Lipinski definition) is 2. The van der Waals surface area contributed by atoms with Crippen molar-refractivity contribution in [3.8, 4) is 0 Å². The molecular formula is C19H26N4O. The van der Waals surface area contributed by atoms with Crippen molar-refractivity contribution in [3.63, 3.8) is 0 Å². The molecule has 1 heterocycles. The van der Waals surface area contributed by atoms with Crippen LogP contribution in [0.4, 0.5) is 5.69 Å². The first-order chi connectivity index (χ1) is 11.6. The van der Waals surface area contributed by atoms with E-state index in [0.29, 0.717) is 12.1 Å². The maximum absolute atomic E-state index is 12.2. The summed E-state index contributed by atoms with van der Waals surface area (Å²) in [5, 5.41) is 6.23. The van der Waals surface area contributed by atoms with Gasteiger partial charge in [-0.25, -0.2) is 0 Å². The van der Waals surface area contributed by atoms with Crippen LogP contribution in [0.25, 0.3) is 0 Å². The normalized spacial score (nSPS) is 10.6. The Morgan fingerprint density at radius 2 is 1.92 bits per heavy atom. The third-order valence-corrected chi connectivity index (χ3v) is 3.66. The van der Waals surface area contributed by atoms with Crippen LogP contribution >= 0.6 is 0 Å². The lowest BCUT2D eigenvalue weighted by atomic mass is 10.1. The van der Waals surface area contributed by atoms with E-state index in [9.17, 15) is 4.79 Å². The van der Waals surface area contributed by atoms with Crippen molar-refractivity contribution in [2.24, 2.45) is 0 Å². The molecule has 128 valence electrons. The van der Waals surface area contributed by atoms with Crippen molar-refractivity contribution in [2.45, 2.75) is 12.8 Å². The fraction of sp³-hybridized carbons (Fsp3) is 0.368. The molecule has 0 atom stereocenters. The van der Waals surface area contributed by atoms with Gasteiger partial charge in [-0.05, 0) is 38.6 Å². The Labute approximate surface area is 144 Å². The van der Waals surface area contributed by atoms with E-state index in [-0.39, 0.29) is 5.91 Å². The molecule has 5 heteroatoms. The van der Waals surface area contributed by atoms with Gasteiger partial charge >= 0.3 is 0 Å². The van der Waals surface area contributed by atoms with Gasteiger partial charge in [-0.15, -0.1) is 0 Å². The number of hydrogen-bond acceptors (Lipinski definition) is 4. The minimum Gasteiger partial charge on any atom is -0.382 e. The fourth-order valence-electron chi connectivity index (χ4n) is 2.33. The molecule has 0 spiro atoms. The lowest BCUT2D eigenvalue weighted by Crippen LogP contribution is -2.25. The summed E-state index contributed by atoms with van der Waals surface area (Å²) in [5.74, 6) is -0.0770. The van der Waals surface area contributed by atoms with E-state index >= 15 is 0 Å². The number of likely N-dealkylation sites (N-methyl/N-ethyl adjacent to an activating group) is 1. The van der Waals surface area contributed by atoms with Crippen LogP contribution in [0.3, 0.4) is 0 Å². The van der Waals surface area contributed by atoms with Gasteiger partial charge in [0.25, 0.3) is 5.91 Å². The molecule has 1 amide bonds. The molecule has 1 aromatic heterocycles. The van der Waals surface area contributed by atoms with E-state index < -0.39 is 0 Å². The molecule has 5 nitrogen and oxygen atoms in total. The van der Waals surface area contributed by atoms with Crippen LogP contribution in [0.1, 0.15) is 22.3 Å². The molecule has 0 bridgehead atoms. The smallest absolute Gasteiger partial charge is 0.252 e. The molecule has 2 N–H and O–H groups in total. The van der Waals surface area contributed by atoms with Gasteiger partial charge < -0.3 is 15.5 Å². The summed E-state index contributed by atoms with van der Waals surface area (Å²) in [7, 11) is 4.05. The van der Waals surface area contributed by atoms with E-state index in [4.69, 9.17) is 0 Å². The Bertz CT molecular complexity index is 628. The number of amides is 1. The number of nitrogens with zero attached hydrogens (tertiary/aromatic N) is 2. The summed E-state index contributed by atoms with van der Waals surface area (Å²) < 4.78 is 0. The number of benzene rings is 1. The number of pyridine rings is 1. The van der Waals surface area contributed by atoms with E-state index in [0.717, 1.165) is 31.6 Å². The Hall–Kier alpha value is -2.40. The second-order valence-corrected chi connectivity index (χ2v) is 6.04. The average Bonchev–Trinajstić information content (AvgIpc) is 2.59. The van der Waals surface area contributed by atoms with Crippen molar-refractivity contribution >= 4 is 11.6 Å². The number of aromatic nitrogens is 1. The van der Waals surface area contributed by atoms with E-state index in [2.05, 4.69) is 32.7 Å². The topological polar surface area (TPSA) is 57.3 Å². The number of carbonyl (C=O) groups is 1. The summed E-state index contributed by atoms with van der Waals surface area (Å²) in [6.45, 7) is 2.40. The third kappa shape index (κ3) is 6.38. The highest BCUT2D eigenvalue weighted by atomic mass is 16.1. The highest BCUT2D eigenvalue weighted by Gasteiger charge is 2.06. The van der Waals surface area contributed by atoms with Crippen molar-refractivity contribution in [1.29, 1.82) is 0 Å². The lowest BCUT2D eigenvalue weighted by molar-refractivity contribution is 0.0953. The first kappa shape index (κ1) is 17.9. The van der Waals surface area contributed by atoms with E-state index in [1.165, 1.54) is 5.56 Å². The predicted molar refractivity (Wildman–Crippen MR) is 98.4 cm³/mol. The molecule has 24 heavy (non-hydrogen) atoms. The molecule has 2 aromatic rings. The summed E-state index contributed by atoms with van der Waals surface area (Å²) in [6, 6.07) is 12.1.